The van der Waals surface area contributed by atoms with Crippen LogP contribution in [0.5, 0.6) is 0 Å². The van der Waals surface area contributed by atoms with Gasteiger partial charge in [0.1, 0.15) is 5.92 Å². The average molecular weight is 348 g/mol. The van der Waals surface area contributed by atoms with Gasteiger partial charge < -0.3 is 16.2 Å². The molecule has 6 nitrogen and oxygen atoms in total. The number of ketones is 2. The van der Waals surface area contributed by atoms with E-state index in [1.165, 1.54) is 30.4 Å². The number of nitrogen functional groups attached to an aromatic ring is 2. The summed E-state index contributed by atoms with van der Waals surface area (Å²) in [5, 5.41) is 0. The molecule has 1 aliphatic carbocycles. The number of hydrogen-bond acceptors (Lipinski definition) is 6. The van der Waals surface area contributed by atoms with Gasteiger partial charge in [-0.1, -0.05) is 12.2 Å². The molecule has 0 heterocycles. The third-order valence-electron chi connectivity index (χ3n) is 3.90. The monoisotopic (exact) mass is 348 g/mol. The smallest absolute Gasteiger partial charge is 0.343 e. The van der Waals surface area contributed by atoms with Crippen LogP contribution >= 0.6 is 0 Å². The second-order valence-corrected chi connectivity index (χ2v) is 5.76. The highest BCUT2D eigenvalue weighted by atomic mass is 16.5. The van der Waals surface area contributed by atoms with E-state index in [1.54, 1.807) is 36.4 Å². The van der Waals surface area contributed by atoms with Crippen LogP contribution in [0.1, 0.15) is 20.7 Å². The molecule has 0 saturated carbocycles. The summed E-state index contributed by atoms with van der Waals surface area (Å²) in [6.45, 7) is 0. The van der Waals surface area contributed by atoms with Crippen LogP contribution in [0.15, 0.2) is 72.5 Å². The molecule has 3 rings (SSSR count). The van der Waals surface area contributed by atoms with Crippen molar-refractivity contribution in [3.05, 3.63) is 83.6 Å². The quantitative estimate of drug-likeness (QED) is 0.380. The fourth-order valence-electron chi connectivity index (χ4n) is 2.47. The summed E-state index contributed by atoms with van der Waals surface area (Å²) in [7, 11) is 0. The van der Waals surface area contributed by atoms with Gasteiger partial charge in [-0.25, -0.2) is 4.79 Å². The molecule has 0 bridgehead atoms. The Morgan fingerprint density at radius 2 is 1.38 bits per heavy atom. The number of rotatable bonds is 4. The van der Waals surface area contributed by atoms with E-state index < -0.39 is 17.7 Å². The molecule has 2 aromatic rings. The number of esters is 1. The minimum Gasteiger partial charge on any atom is -0.419 e. The van der Waals surface area contributed by atoms with Crippen LogP contribution in [-0.2, 0) is 9.53 Å². The Hall–Kier alpha value is -3.67. The standard InChI is InChI=1S/C20H16N2O4/c21-14-8-4-12(5-9-14)18(23)16-2-1-3-17(19(16)24)26-20(25)13-6-10-15(22)11-7-13/h1-11,16H,21-22H2. The van der Waals surface area contributed by atoms with Crippen LogP contribution in [0.3, 0.4) is 0 Å². The minimum atomic E-state index is -1.04. The maximum Gasteiger partial charge on any atom is 0.343 e. The van der Waals surface area contributed by atoms with Gasteiger partial charge in [-0.2, -0.15) is 0 Å². The summed E-state index contributed by atoms with van der Waals surface area (Å²) >= 11 is 0. The summed E-state index contributed by atoms with van der Waals surface area (Å²) in [6, 6.07) is 12.4. The first-order valence-electron chi connectivity index (χ1n) is 7.86. The second-order valence-electron chi connectivity index (χ2n) is 5.76. The van der Waals surface area contributed by atoms with Gasteiger partial charge in [0, 0.05) is 16.9 Å². The van der Waals surface area contributed by atoms with Crippen LogP contribution in [-0.4, -0.2) is 17.5 Å². The molecule has 2 aromatic carbocycles. The third kappa shape index (κ3) is 3.54. The van der Waals surface area contributed by atoms with Gasteiger partial charge in [-0.05, 0) is 54.6 Å². The number of allylic oxidation sites excluding steroid dienone is 4. The Morgan fingerprint density at radius 1 is 0.846 bits per heavy atom. The second kappa shape index (κ2) is 7.06. The number of anilines is 2. The highest BCUT2D eigenvalue weighted by Crippen LogP contribution is 2.22. The lowest BCUT2D eigenvalue weighted by atomic mass is 9.89. The van der Waals surface area contributed by atoms with Crippen LogP contribution in [0, 0.1) is 5.92 Å². The zero-order valence-electron chi connectivity index (χ0n) is 13.7. The molecule has 130 valence electrons. The fourth-order valence-corrected chi connectivity index (χ4v) is 2.47. The van der Waals surface area contributed by atoms with E-state index in [4.69, 9.17) is 16.2 Å². The van der Waals surface area contributed by atoms with Crippen molar-refractivity contribution in [1.29, 1.82) is 0 Å². The van der Waals surface area contributed by atoms with Gasteiger partial charge in [0.15, 0.2) is 11.5 Å². The zero-order valence-corrected chi connectivity index (χ0v) is 13.7. The lowest BCUT2D eigenvalue weighted by molar-refractivity contribution is -0.119. The topological polar surface area (TPSA) is 112 Å². The first-order valence-corrected chi connectivity index (χ1v) is 7.86. The average Bonchev–Trinajstić information content (AvgIpc) is 2.64. The maximum absolute atomic E-state index is 12.6. The molecule has 1 aliphatic rings. The molecule has 26 heavy (non-hydrogen) atoms. The largest absolute Gasteiger partial charge is 0.419 e. The molecule has 0 aromatic heterocycles. The third-order valence-corrected chi connectivity index (χ3v) is 3.90. The van der Waals surface area contributed by atoms with Crippen molar-refractivity contribution in [2.45, 2.75) is 0 Å². The predicted octanol–water partition coefficient (Wildman–Crippen LogP) is 2.53. The van der Waals surface area contributed by atoms with Crippen LogP contribution < -0.4 is 11.5 Å². The van der Waals surface area contributed by atoms with E-state index in [2.05, 4.69) is 0 Å². The molecule has 0 amide bonds. The van der Waals surface area contributed by atoms with E-state index in [0.717, 1.165) is 0 Å². The number of ether oxygens (including phenoxy) is 1. The fraction of sp³-hybridized carbons (Fsp3) is 0.0500. The van der Waals surface area contributed by atoms with Crippen LogP contribution in [0.4, 0.5) is 11.4 Å². The molecular formula is C20H16N2O4. The molecule has 4 N–H and O–H groups in total. The molecule has 1 unspecified atom stereocenters. The number of hydrogen-bond donors (Lipinski definition) is 2. The summed E-state index contributed by atoms with van der Waals surface area (Å²) < 4.78 is 5.17. The van der Waals surface area contributed by atoms with Gasteiger partial charge in [0.25, 0.3) is 0 Å². The number of carbonyl (C=O) groups excluding carboxylic acids is 3. The Bertz CT molecular complexity index is 925. The highest BCUT2D eigenvalue weighted by molar-refractivity contribution is 6.18. The molecule has 0 radical (unpaired) electrons. The maximum atomic E-state index is 12.6. The van der Waals surface area contributed by atoms with Gasteiger partial charge >= 0.3 is 5.97 Å². The Balaban J connectivity index is 1.75. The van der Waals surface area contributed by atoms with Crippen molar-refractivity contribution in [3.8, 4) is 0 Å². The summed E-state index contributed by atoms with van der Waals surface area (Å²) in [6.07, 6.45) is 4.36. The number of Topliss-reactive ketones (excluding diaryl/α,β-unsaturated/α-hetero) is 2. The van der Waals surface area contributed by atoms with Gasteiger partial charge in [-0.15, -0.1) is 0 Å². The Kier molecular flexibility index (Phi) is 4.66. The minimum absolute atomic E-state index is 0.178. The summed E-state index contributed by atoms with van der Waals surface area (Å²) in [5.41, 5.74) is 12.8. The first kappa shape index (κ1) is 17.2. The summed E-state index contributed by atoms with van der Waals surface area (Å²) in [4.78, 5) is 37.3. The summed E-state index contributed by atoms with van der Waals surface area (Å²) in [5.74, 6) is -2.88. The molecule has 0 aliphatic heterocycles. The number of benzene rings is 2. The molecule has 0 saturated heterocycles. The van der Waals surface area contributed by atoms with E-state index in [1.807, 2.05) is 0 Å². The molecule has 0 spiro atoms. The molecular weight excluding hydrogens is 332 g/mol. The van der Waals surface area contributed by atoms with Crippen LogP contribution in [0.25, 0.3) is 0 Å². The van der Waals surface area contributed by atoms with Crippen molar-refractivity contribution >= 4 is 28.9 Å². The number of nitrogens with two attached hydrogens (primary N) is 2. The van der Waals surface area contributed by atoms with E-state index in [-0.39, 0.29) is 17.1 Å². The Morgan fingerprint density at radius 3 is 1.96 bits per heavy atom. The Labute approximate surface area is 149 Å². The van der Waals surface area contributed by atoms with Gasteiger partial charge in [0.05, 0.1) is 5.56 Å². The lowest BCUT2D eigenvalue weighted by Gasteiger charge is -2.16. The van der Waals surface area contributed by atoms with Crippen molar-refractivity contribution in [2.24, 2.45) is 5.92 Å². The van der Waals surface area contributed by atoms with Crippen molar-refractivity contribution in [1.82, 2.24) is 0 Å². The van der Waals surface area contributed by atoms with Crippen LogP contribution in [0.2, 0.25) is 0 Å². The molecule has 0 fully saturated rings. The predicted molar refractivity (Wildman–Crippen MR) is 97.2 cm³/mol. The molecule has 1 atom stereocenters. The lowest BCUT2D eigenvalue weighted by Crippen LogP contribution is -2.27. The number of carbonyl (C=O) groups is 3. The normalized spacial score (nSPS) is 16.1. The van der Waals surface area contributed by atoms with E-state index >= 15 is 0 Å². The van der Waals surface area contributed by atoms with Gasteiger partial charge in [-0.3, -0.25) is 9.59 Å². The first-order chi connectivity index (χ1) is 12.5. The molecule has 6 heteroatoms. The van der Waals surface area contributed by atoms with Crippen molar-refractivity contribution in [2.75, 3.05) is 11.5 Å². The zero-order chi connectivity index (χ0) is 18.7. The van der Waals surface area contributed by atoms with Gasteiger partial charge in [0.2, 0.25) is 5.78 Å². The SMILES string of the molecule is Nc1ccc(C(=O)OC2=CC=CC(C(=O)c3ccc(N)cc3)C2=O)cc1. The van der Waals surface area contributed by atoms with Crippen molar-refractivity contribution in [3.63, 3.8) is 0 Å². The highest BCUT2D eigenvalue weighted by Gasteiger charge is 2.31. The van der Waals surface area contributed by atoms with E-state index in [9.17, 15) is 14.4 Å². The van der Waals surface area contributed by atoms with E-state index in [0.29, 0.717) is 16.9 Å². The van der Waals surface area contributed by atoms with Crippen molar-refractivity contribution < 1.29 is 19.1 Å².